The minimum atomic E-state index is -2.51. The largest absolute Gasteiger partial charge is 0.259 e. The van der Waals surface area contributed by atoms with Crippen LogP contribution >= 0.6 is 15.9 Å². The van der Waals surface area contributed by atoms with E-state index in [1.165, 1.54) is 0 Å². The molecule has 0 nitrogen and oxygen atoms in total. The normalized spacial score (nSPS) is 30.1. The summed E-state index contributed by atoms with van der Waals surface area (Å²) < 4.78 is 26.2. The first-order valence-corrected chi connectivity index (χ1v) is 5.28. The summed E-state index contributed by atoms with van der Waals surface area (Å²) in [6, 6.07) is 8.97. The molecule has 1 fully saturated rings. The molecule has 2 rings (SSSR count). The van der Waals surface area contributed by atoms with Crippen LogP contribution in [0.2, 0.25) is 0 Å². The van der Waals surface area contributed by atoms with Crippen LogP contribution in [0.4, 0.5) is 8.78 Å². The van der Waals surface area contributed by atoms with Crippen molar-refractivity contribution in [1.82, 2.24) is 0 Å². The second-order valence-electron chi connectivity index (χ2n) is 3.32. The highest BCUT2D eigenvalue weighted by Crippen LogP contribution is 2.61. The van der Waals surface area contributed by atoms with Crippen molar-refractivity contribution in [3.05, 3.63) is 35.9 Å². The van der Waals surface area contributed by atoms with Crippen LogP contribution in [0.15, 0.2) is 30.3 Å². The molecule has 1 saturated carbocycles. The van der Waals surface area contributed by atoms with E-state index in [2.05, 4.69) is 15.9 Å². The molecule has 0 aliphatic heterocycles. The van der Waals surface area contributed by atoms with Gasteiger partial charge in [-0.1, -0.05) is 46.3 Å². The molecule has 0 spiro atoms. The Balaban J connectivity index is 2.22. The van der Waals surface area contributed by atoms with Crippen molar-refractivity contribution in [1.29, 1.82) is 0 Å². The first-order chi connectivity index (χ1) is 6.18. The Kier molecular flexibility index (Phi) is 2.14. The average Bonchev–Trinajstić information content (AvgIpc) is 2.69. The van der Waals surface area contributed by atoms with Gasteiger partial charge < -0.3 is 0 Å². The summed E-state index contributed by atoms with van der Waals surface area (Å²) >= 11 is 3.11. The maximum atomic E-state index is 13.1. The first-order valence-electron chi connectivity index (χ1n) is 4.16. The molecule has 1 aromatic carbocycles. The highest BCUT2D eigenvalue weighted by Gasteiger charge is 2.67. The van der Waals surface area contributed by atoms with E-state index in [1.54, 1.807) is 24.3 Å². The Bertz CT molecular complexity index is 297. The van der Waals surface area contributed by atoms with Gasteiger partial charge in [-0.2, -0.15) is 0 Å². The molecule has 0 radical (unpaired) electrons. The second kappa shape index (κ2) is 3.05. The molecule has 0 amide bonds. The lowest BCUT2D eigenvalue weighted by atomic mass is 10.1. The molecule has 70 valence electrons. The van der Waals surface area contributed by atoms with E-state index < -0.39 is 17.8 Å². The highest BCUT2D eigenvalue weighted by molar-refractivity contribution is 9.09. The van der Waals surface area contributed by atoms with E-state index in [9.17, 15) is 8.78 Å². The third-order valence-electron chi connectivity index (χ3n) is 2.53. The lowest BCUT2D eigenvalue weighted by Gasteiger charge is -1.96. The summed E-state index contributed by atoms with van der Waals surface area (Å²) in [6.07, 6.45) is 0. The Labute approximate surface area is 84.1 Å². The van der Waals surface area contributed by atoms with Crippen LogP contribution in [0.3, 0.4) is 0 Å². The van der Waals surface area contributed by atoms with Gasteiger partial charge in [0.05, 0.1) is 5.92 Å². The number of halogens is 3. The average molecular weight is 247 g/mol. The number of alkyl halides is 3. The molecular formula is C10H9BrF2. The highest BCUT2D eigenvalue weighted by atomic mass is 79.9. The van der Waals surface area contributed by atoms with Gasteiger partial charge in [0.15, 0.2) is 0 Å². The van der Waals surface area contributed by atoms with Gasteiger partial charge in [-0.3, -0.25) is 0 Å². The van der Waals surface area contributed by atoms with Crippen LogP contribution in [0, 0.1) is 5.92 Å². The Morgan fingerprint density at radius 2 is 1.85 bits per heavy atom. The van der Waals surface area contributed by atoms with Gasteiger partial charge >= 0.3 is 0 Å². The van der Waals surface area contributed by atoms with E-state index in [0.717, 1.165) is 5.56 Å². The van der Waals surface area contributed by atoms with Gasteiger partial charge in [0.2, 0.25) is 0 Å². The predicted octanol–water partition coefficient (Wildman–Crippen LogP) is 3.43. The molecule has 13 heavy (non-hydrogen) atoms. The molecule has 3 heteroatoms. The van der Waals surface area contributed by atoms with Crippen LogP contribution in [-0.2, 0) is 0 Å². The lowest BCUT2D eigenvalue weighted by molar-refractivity contribution is 0.0973. The smallest absolute Gasteiger partial charge is 0.206 e. The quantitative estimate of drug-likeness (QED) is 0.702. The van der Waals surface area contributed by atoms with Gasteiger partial charge in [0.1, 0.15) is 0 Å². The Hall–Kier alpha value is -0.440. The van der Waals surface area contributed by atoms with Crippen molar-refractivity contribution in [2.24, 2.45) is 5.92 Å². The third kappa shape index (κ3) is 1.39. The van der Waals surface area contributed by atoms with Crippen molar-refractivity contribution >= 4 is 15.9 Å². The monoisotopic (exact) mass is 246 g/mol. The van der Waals surface area contributed by atoms with E-state index in [0.29, 0.717) is 5.33 Å². The summed E-state index contributed by atoms with van der Waals surface area (Å²) in [5, 5.41) is 0.375. The van der Waals surface area contributed by atoms with Crippen molar-refractivity contribution in [3.8, 4) is 0 Å². The van der Waals surface area contributed by atoms with E-state index in [1.807, 2.05) is 6.07 Å². The van der Waals surface area contributed by atoms with Crippen molar-refractivity contribution in [3.63, 3.8) is 0 Å². The van der Waals surface area contributed by atoms with Crippen LogP contribution in [0.1, 0.15) is 11.5 Å². The fourth-order valence-corrected chi connectivity index (χ4v) is 2.50. The molecule has 0 aromatic heterocycles. The van der Waals surface area contributed by atoms with E-state index in [-0.39, 0.29) is 0 Å². The minimum absolute atomic E-state index is 0.375. The molecule has 0 heterocycles. The molecular weight excluding hydrogens is 238 g/mol. The van der Waals surface area contributed by atoms with Gasteiger partial charge in [-0.05, 0) is 5.56 Å². The second-order valence-corrected chi connectivity index (χ2v) is 3.97. The summed E-state index contributed by atoms with van der Waals surface area (Å²) in [4.78, 5) is 0. The van der Waals surface area contributed by atoms with Gasteiger partial charge in [-0.15, -0.1) is 0 Å². The predicted molar refractivity (Wildman–Crippen MR) is 51.4 cm³/mol. The molecule has 0 N–H and O–H groups in total. The molecule has 1 aromatic rings. The number of hydrogen-bond donors (Lipinski definition) is 0. The minimum Gasteiger partial charge on any atom is -0.206 e. The van der Waals surface area contributed by atoms with Gasteiger partial charge in [0.25, 0.3) is 5.92 Å². The van der Waals surface area contributed by atoms with Crippen molar-refractivity contribution in [2.75, 3.05) is 5.33 Å². The SMILES string of the molecule is FC1(F)[C@H](CBr)[C@@H]1c1ccccc1. The Morgan fingerprint density at radius 1 is 1.23 bits per heavy atom. The van der Waals surface area contributed by atoms with E-state index >= 15 is 0 Å². The van der Waals surface area contributed by atoms with E-state index in [4.69, 9.17) is 0 Å². The lowest BCUT2D eigenvalue weighted by Crippen LogP contribution is -1.94. The number of rotatable bonds is 2. The van der Waals surface area contributed by atoms with Gasteiger partial charge in [-0.25, -0.2) is 8.78 Å². The number of benzene rings is 1. The van der Waals surface area contributed by atoms with Crippen molar-refractivity contribution < 1.29 is 8.78 Å². The Morgan fingerprint density at radius 3 is 2.31 bits per heavy atom. The van der Waals surface area contributed by atoms with Crippen LogP contribution < -0.4 is 0 Å². The van der Waals surface area contributed by atoms with Crippen LogP contribution in [0.5, 0.6) is 0 Å². The van der Waals surface area contributed by atoms with Gasteiger partial charge in [0, 0.05) is 11.2 Å². The topological polar surface area (TPSA) is 0 Å². The van der Waals surface area contributed by atoms with Crippen LogP contribution in [-0.4, -0.2) is 11.3 Å². The maximum Gasteiger partial charge on any atom is 0.259 e. The fourth-order valence-electron chi connectivity index (χ4n) is 1.70. The zero-order valence-electron chi connectivity index (χ0n) is 6.88. The standard InChI is InChI=1S/C10H9BrF2/c11-6-8-9(10(8,12)13)7-4-2-1-3-5-7/h1-5,8-9H,6H2/t8-,9+/m1/s1. The summed E-state index contributed by atoms with van der Waals surface area (Å²) in [7, 11) is 0. The molecule has 2 atom stereocenters. The molecule has 1 aliphatic rings. The third-order valence-corrected chi connectivity index (χ3v) is 3.22. The zero-order chi connectivity index (χ0) is 9.47. The zero-order valence-corrected chi connectivity index (χ0v) is 8.47. The molecule has 0 bridgehead atoms. The van der Waals surface area contributed by atoms with Crippen molar-refractivity contribution in [2.45, 2.75) is 11.8 Å². The first kappa shape index (κ1) is 9.13. The maximum absolute atomic E-state index is 13.1. The molecule has 0 saturated heterocycles. The fraction of sp³-hybridized carbons (Fsp3) is 0.400. The summed E-state index contributed by atoms with van der Waals surface area (Å²) in [6.45, 7) is 0. The van der Waals surface area contributed by atoms with Crippen LogP contribution in [0.25, 0.3) is 0 Å². The summed E-state index contributed by atoms with van der Waals surface area (Å²) in [5.74, 6) is -3.60. The number of hydrogen-bond acceptors (Lipinski definition) is 0. The molecule has 1 aliphatic carbocycles. The summed E-state index contributed by atoms with van der Waals surface area (Å²) in [5.41, 5.74) is 0.747. The molecule has 0 unspecified atom stereocenters.